The van der Waals surface area contributed by atoms with E-state index in [1.165, 1.54) is 19.2 Å². The number of nitrogens with zero attached hydrogens (tertiary/aromatic N) is 2. The van der Waals surface area contributed by atoms with Gasteiger partial charge < -0.3 is 20.3 Å². The summed E-state index contributed by atoms with van der Waals surface area (Å²) in [6, 6.07) is 4.37. The number of rotatable bonds is 4. The Hall–Kier alpha value is -1.82. The summed E-state index contributed by atoms with van der Waals surface area (Å²) in [5, 5.41) is 0. The maximum absolute atomic E-state index is 13.3. The van der Waals surface area contributed by atoms with Gasteiger partial charge in [-0.25, -0.2) is 4.39 Å². The molecule has 2 atom stereocenters. The zero-order valence-electron chi connectivity index (χ0n) is 13.4. The van der Waals surface area contributed by atoms with Crippen LogP contribution in [0.25, 0.3) is 0 Å². The second kappa shape index (κ2) is 6.96. The van der Waals surface area contributed by atoms with Gasteiger partial charge in [-0.05, 0) is 19.1 Å². The van der Waals surface area contributed by atoms with Crippen molar-refractivity contribution in [3.05, 3.63) is 24.0 Å². The molecule has 1 amide bonds. The summed E-state index contributed by atoms with van der Waals surface area (Å²) < 4.78 is 18.5. The maximum atomic E-state index is 13.3. The smallest absolute Gasteiger partial charge is 0.227 e. The number of methoxy groups -OCH3 is 1. The number of nitrogens with two attached hydrogens (primary N) is 1. The van der Waals surface area contributed by atoms with Crippen LogP contribution in [0.5, 0.6) is 5.75 Å². The van der Waals surface area contributed by atoms with Gasteiger partial charge in [0, 0.05) is 38.3 Å². The van der Waals surface area contributed by atoms with E-state index < -0.39 is 0 Å². The molecule has 5 nitrogen and oxygen atoms in total. The Labute approximate surface area is 130 Å². The molecule has 1 aliphatic heterocycles. The Bertz CT molecular complexity index is 528. The third-order valence-corrected chi connectivity index (χ3v) is 4.25. The molecule has 0 radical (unpaired) electrons. The van der Waals surface area contributed by atoms with Crippen LogP contribution in [0.15, 0.2) is 18.2 Å². The molecule has 1 fully saturated rings. The lowest BCUT2D eigenvalue weighted by atomic mass is 10.0. The van der Waals surface area contributed by atoms with Crippen molar-refractivity contribution in [3.63, 3.8) is 0 Å². The number of piperazine rings is 1. The summed E-state index contributed by atoms with van der Waals surface area (Å²) in [4.78, 5) is 16.3. The summed E-state index contributed by atoms with van der Waals surface area (Å²) in [5.41, 5.74) is 6.66. The van der Waals surface area contributed by atoms with E-state index in [2.05, 4.69) is 4.90 Å². The van der Waals surface area contributed by atoms with Crippen LogP contribution in [-0.2, 0) is 4.79 Å². The number of carbonyl (C=O) groups excluding carboxylic acids is 1. The largest absolute Gasteiger partial charge is 0.494 e. The zero-order valence-corrected chi connectivity index (χ0v) is 13.4. The van der Waals surface area contributed by atoms with Crippen molar-refractivity contribution < 1.29 is 13.9 Å². The second-order valence-corrected chi connectivity index (χ2v) is 5.78. The van der Waals surface area contributed by atoms with E-state index in [1.807, 2.05) is 18.7 Å². The van der Waals surface area contributed by atoms with Crippen molar-refractivity contribution in [2.45, 2.75) is 19.9 Å². The highest BCUT2D eigenvalue weighted by Crippen LogP contribution is 2.29. The second-order valence-electron chi connectivity index (χ2n) is 5.78. The highest BCUT2D eigenvalue weighted by atomic mass is 19.1. The number of hydrogen-bond acceptors (Lipinski definition) is 4. The lowest BCUT2D eigenvalue weighted by Gasteiger charge is -2.38. The lowest BCUT2D eigenvalue weighted by Crippen LogP contribution is -2.52. The first-order chi connectivity index (χ1) is 10.4. The fourth-order valence-corrected chi connectivity index (χ4v) is 2.59. The SMILES string of the molecule is COc1cc(F)ccc1N1CCN(C(=O)C(C)C(C)N)CC1. The Morgan fingerprint density at radius 2 is 1.91 bits per heavy atom. The predicted molar refractivity (Wildman–Crippen MR) is 84.6 cm³/mol. The van der Waals surface area contributed by atoms with E-state index >= 15 is 0 Å². The minimum Gasteiger partial charge on any atom is -0.494 e. The fraction of sp³-hybridized carbons (Fsp3) is 0.562. The molecular formula is C16H24FN3O2. The maximum Gasteiger partial charge on any atom is 0.227 e. The van der Waals surface area contributed by atoms with Gasteiger partial charge in [0.1, 0.15) is 11.6 Å². The van der Waals surface area contributed by atoms with E-state index in [9.17, 15) is 9.18 Å². The summed E-state index contributed by atoms with van der Waals surface area (Å²) in [7, 11) is 1.53. The molecule has 0 bridgehead atoms. The minimum absolute atomic E-state index is 0.0979. The number of ether oxygens (including phenoxy) is 1. The third-order valence-electron chi connectivity index (χ3n) is 4.25. The van der Waals surface area contributed by atoms with Gasteiger partial charge in [0.25, 0.3) is 0 Å². The zero-order chi connectivity index (χ0) is 16.3. The normalized spacial score (nSPS) is 18.0. The van der Waals surface area contributed by atoms with Gasteiger partial charge >= 0.3 is 0 Å². The Morgan fingerprint density at radius 3 is 2.45 bits per heavy atom. The molecule has 1 aromatic carbocycles. The fourth-order valence-electron chi connectivity index (χ4n) is 2.59. The van der Waals surface area contributed by atoms with Crippen molar-refractivity contribution >= 4 is 11.6 Å². The molecule has 2 unspecified atom stereocenters. The average molecular weight is 309 g/mol. The Morgan fingerprint density at radius 1 is 1.27 bits per heavy atom. The van der Waals surface area contributed by atoms with Crippen LogP contribution >= 0.6 is 0 Å². The molecule has 2 N–H and O–H groups in total. The number of amides is 1. The highest BCUT2D eigenvalue weighted by molar-refractivity contribution is 5.79. The van der Waals surface area contributed by atoms with E-state index in [0.29, 0.717) is 31.9 Å². The molecule has 0 spiro atoms. The molecule has 1 saturated heterocycles. The lowest BCUT2D eigenvalue weighted by molar-refractivity contribution is -0.135. The van der Waals surface area contributed by atoms with E-state index in [4.69, 9.17) is 10.5 Å². The molecule has 0 aromatic heterocycles. The van der Waals surface area contributed by atoms with Crippen molar-refractivity contribution in [1.82, 2.24) is 4.90 Å². The average Bonchev–Trinajstić information content (AvgIpc) is 2.53. The molecule has 1 aliphatic rings. The standard InChI is InChI=1S/C16H24FN3O2/c1-11(12(2)18)16(21)20-8-6-19(7-9-20)14-5-4-13(17)10-15(14)22-3/h4-5,10-12H,6-9,18H2,1-3H3. The highest BCUT2D eigenvalue weighted by Gasteiger charge is 2.27. The van der Waals surface area contributed by atoms with Crippen LogP contribution in [0.3, 0.4) is 0 Å². The Kier molecular flexibility index (Phi) is 5.24. The summed E-state index contributed by atoms with van der Waals surface area (Å²) in [5.74, 6) is 0.122. The van der Waals surface area contributed by atoms with Gasteiger partial charge in [-0.15, -0.1) is 0 Å². The van der Waals surface area contributed by atoms with Crippen LogP contribution < -0.4 is 15.4 Å². The van der Waals surface area contributed by atoms with E-state index in [1.54, 1.807) is 6.07 Å². The van der Waals surface area contributed by atoms with Crippen LogP contribution in [0.2, 0.25) is 0 Å². The first kappa shape index (κ1) is 16.5. The van der Waals surface area contributed by atoms with Crippen LogP contribution in [-0.4, -0.2) is 50.1 Å². The van der Waals surface area contributed by atoms with Crippen molar-refractivity contribution in [2.24, 2.45) is 11.7 Å². The molecular weight excluding hydrogens is 285 g/mol. The van der Waals surface area contributed by atoms with Gasteiger partial charge in [-0.3, -0.25) is 4.79 Å². The van der Waals surface area contributed by atoms with Gasteiger partial charge in [-0.1, -0.05) is 6.92 Å². The number of carbonyl (C=O) groups is 1. The molecule has 0 saturated carbocycles. The number of anilines is 1. The molecule has 22 heavy (non-hydrogen) atoms. The van der Waals surface area contributed by atoms with Crippen LogP contribution in [0, 0.1) is 11.7 Å². The molecule has 1 aromatic rings. The van der Waals surface area contributed by atoms with Gasteiger partial charge in [0.15, 0.2) is 0 Å². The first-order valence-electron chi connectivity index (χ1n) is 7.57. The van der Waals surface area contributed by atoms with Gasteiger partial charge in [0.05, 0.1) is 18.7 Å². The van der Waals surface area contributed by atoms with E-state index in [0.717, 1.165) is 5.69 Å². The van der Waals surface area contributed by atoms with Gasteiger partial charge in [0.2, 0.25) is 5.91 Å². The van der Waals surface area contributed by atoms with Crippen molar-refractivity contribution in [2.75, 3.05) is 38.2 Å². The topological polar surface area (TPSA) is 58.8 Å². The summed E-state index contributed by atoms with van der Waals surface area (Å²) >= 11 is 0. The molecule has 1 heterocycles. The summed E-state index contributed by atoms with van der Waals surface area (Å²) in [6.07, 6.45) is 0. The number of benzene rings is 1. The predicted octanol–water partition coefficient (Wildman–Crippen LogP) is 1.47. The first-order valence-corrected chi connectivity index (χ1v) is 7.57. The van der Waals surface area contributed by atoms with Crippen LogP contribution in [0.4, 0.5) is 10.1 Å². The van der Waals surface area contributed by atoms with Crippen molar-refractivity contribution in [1.29, 1.82) is 0 Å². The molecule has 122 valence electrons. The van der Waals surface area contributed by atoms with E-state index in [-0.39, 0.29) is 23.7 Å². The minimum atomic E-state index is -0.319. The van der Waals surface area contributed by atoms with Crippen LogP contribution in [0.1, 0.15) is 13.8 Å². The van der Waals surface area contributed by atoms with Gasteiger partial charge in [-0.2, -0.15) is 0 Å². The third kappa shape index (κ3) is 3.50. The Balaban J connectivity index is 2.02. The quantitative estimate of drug-likeness (QED) is 0.915. The monoisotopic (exact) mass is 309 g/mol. The number of hydrogen-bond donors (Lipinski definition) is 1. The molecule has 6 heteroatoms. The molecule has 0 aliphatic carbocycles. The van der Waals surface area contributed by atoms with Crippen molar-refractivity contribution in [3.8, 4) is 5.75 Å². The number of halogens is 1. The summed E-state index contributed by atoms with van der Waals surface area (Å²) in [6.45, 7) is 6.37. The molecule has 2 rings (SSSR count).